The van der Waals surface area contributed by atoms with Crippen molar-refractivity contribution in [2.24, 2.45) is 0 Å². The lowest BCUT2D eigenvalue weighted by atomic mass is 10.0. The first kappa shape index (κ1) is 13.6. The third-order valence-electron chi connectivity index (χ3n) is 2.84. The molecular formula is C15H13BrO3. The summed E-state index contributed by atoms with van der Waals surface area (Å²) < 4.78 is 11.3. The van der Waals surface area contributed by atoms with Crippen LogP contribution in [0.25, 0.3) is 11.1 Å². The molecule has 0 heterocycles. The molecule has 4 heteroatoms. The van der Waals surface area contributed by atoms with Gasteiger partial charge in [-0.3, -0.25) is 4.79 Å². The Bertz CT molecular complexity index is 594. The van der Waals surface area contributed by atoms with Crippen molar-refractivity contribution >= 4 is 22.2 Å². The zero-order chi connectivity index (χ0) is 13.8. The van der Waals surface area contributed by atoms with Gasteiger partial charge in [0.15, 0.2) is 6.29 Å². The van der Waals surface area contributed by atoms with Gasteiger partial charge >= 0.3 is 0 Å². The van der Waals surface area contributed by atoms with E-state index in [1.807, 2.05) is 36.4 Å². The van der Waals surface area contributed by atoms with Gasteiger partial charge in [0.2, 0.25) is 0 Å². The molecule has 2 aromatic carbocycles. The van der Waals surface area contributed by atoms with Crippen molar-refractivity contribution in [1.29, 1.82) is 0 Å². The molecule has 0 aliphatic heterocycles. The summed E-state index contributed by atoms with van der Waals surface area (Å²) >= 11 is 3.36. The molecule has 0 fully saturated rings. The van der Waals surface area contributed by atoms with E-state index in [1.54, 1.807) is 14.2 Å². The van der Waals surface area contributed by atoms with E-state index in [2.05, 4.69) is 15.9 Å². The Morgan fingerprint density at radius 3 is 2.32 bits per heavy atom. The Kier molecular flexibility index (Phi) is 4.22. The van der Waals surface area contributed by atoms with Gasteiger partial charge in [0, 0.05) is 5.56 Å². The monoisotopic (exact) mass is 320 g/mol. The second-order valence-corrected chi connectivity index (χ2v) is 4.66. The topological polar surface area (TPSA) is 35.5 Å². The highest BCUT2D eigenvalue weighted by Gasteiger charge is 2.18. The predicted molar refractivity (Wildman–Crippen MR) is 78.1 cm³/mol. The molecular weight excluding hydrogens is 308 g/mol. The summed E-state index contributed by atoms with van der Waals surface area (Å²) in [6.45, 7) is 0. The Morgan fingerprint density at radius 1 is 1.11 bits per heavy atom. The van der Waals surface area contributed by atoms with Gasteiger partial charge < -0.3 is 9.47 Å². The molecule has 0 spiro atoms. The fraction of sp³-hybridized carbons (Fsp3) is 0.133. The maximum Gasteiger partial charge on any atom is 0.155 e. The van der Waals surface area contributed by atoms with Gasteiger partial charge in [0.25, 0.3) is 0 Å². The second-order valence-electron chi connectivity index (χ2n) is 3.87. The molecule has 2 aromatic rings. The molecule has 0 aliphatic carbocycles. The molecule has 98 valence electrons. The van der Waals surface area contributed by atoms with Crippen molar-refractivity contribution < 1.29 is 14.3 Å². The third-order valence-corrected chi connectivity index (χ3v) is 3.66. The number of hydrogen-bond donors (Lipinski definition) is 0. The van der Waals surface area contributed by atoms with Gasteiger partial charge in [0.1, 0.15) is 11.5 Å². The van der Waals surface area contributed by atoms with Crippen LogP contribution in [-0.4, -0.2) is 20.5 Å². The lowest BCUT2D eigenvalue weighted by molar-refractivity contribution is 0.111. The van der Waals surface area contributed by atoms with Crippen LogP contribution in [0.1, 0.15) is 10.4 Å². The van der Waals surface area contributed by atoms with Crippen LogP contribution in [0.4, 0.5) is 0 Å². The quantitative estimate of drug-likeness (QED) is 0.800. The number of hydrogen-bond acceptors (Lipinski definition) is 3. The summed E-state index contributed by atoms with van der Waals surface area (Å²) in [4.78, 5) is 11.3. The Labute approximate surface area is 120 Å². The normalized spacial score (nSPS) is 10.1. The molecule has 0 radical (unpaired) electrons. The van der Waals surface area contributed by atoms with E-state index in [4.69, 9.17) is 9.47 Å². The standard InChI is InChI=1S/C15H13BrO3/c1-18-13-8-11(10-6-4-3-5-7-10)15(19-2)12(9-17)14(13)16/h3-9H,1-2H3. The molecule has 0 N–H and O–H groups in total. The van der Waals surface area contributed by atoms with Crippen LogP contribution in [0.2, 0.25) is 0 Å². The van der Waals surface area contributed by atoms with E-state index in [0.29, 0.717) is 21.5 Å². The minimum atomic E-state index is 0.445. The van der Waals surface area contributed by atoms with Crippen molar-refractivity contribution in [3.8, 4) is 22.6 Å². The van der Waals surface area contributed by atoms with E-state index in [9.17, 15) is 4.79 Å². The minimum absolute atomic E-state index is 0.445. The maximum absolute atomic E-state index is 11.3. The van der Waals surface area contributed by atoms with Crippen molar-refractivity contribution in [2.45, 2.75) is 0 Å². The molecule has 0 bridgehead atoms. The van der Waals surface area contributed by atoms with Gasteiger partial charge in [-0.1, -0.05) is 30.3 Å². The number of ether oxygens (including phenoxy) is 2. The molecule has 2 rings (SSSR count). The summed E-state index contributed by atoms with van der Waals surface area (Å²) in [5.41, 5.74) is 2.24. The first-order valence-corrected chi connectivity index (χ1v) is 6.47. The van der Waals surface area contributed by atoms with Gasteiger partial charge in [-0.15, -0.1) is 0 Å². The number of aldehydes is 1. The van der Waals surface area contributed by atoms with Crippen molar-refractivity contribution in [3.63, 3.8) is 0 Å². The zero-order valence-electron chi connectivity index (χ0n) is 10.6. The number of benzene rings is 2. The van der Waals surface area contributed by atoms with Crippen LogP contribution in [-0.2, 0) is 0 Å². The summed E-state index contributed by atoms with van der Waals surface area (Å²) in [5.74, 6) is 1.13. The van der Waals surface area contributed by atoms with Crippen molar-refractivity contribution in [3.05, 3.63) is 46.4 Å². The molecule has 19 heavy (non-hydrogen) atoms. The molecule has 0 aliphatic rings. The fourth-order valence-corrected chi connectivity index (χ4v) is 2.49. The highest BCUT2D eigenvalue weighted by atomic mass is 79.9. The molecule has 0 saturated heterocycles. The van der Waals surface area contributed by atoms with Crippen LogP contribution in [0.5, 0.6) is 11.5 Å². The Morgan fingerprint density at radius 2 is 1.79 bits per heavy atom. The lowest BCUT2D eigenvalue weighted by Crippen LogP contribution is -1.98. The van der Waals surface area contributed by atoms with Crippen molar-refractivity contribution in [2.75, 3.05) is 14.2 Å². The van der Waals surface area contributed by atoms with Gasteiger partial charge in [-0.2, -0.15) is 0 Å². The molecule has 0 aromatic heterocycles. The summed E-state index contributed by atoms with van der Waals surface area (Å²) in [6, 6.07) is 11.6. The highest BCUT2D eigenvalue weighted by molar-refractivity contribution is 9.10. The number of carbonyl (C=O) groups excluding carboxylic acids is 1. The van der Waals surface area contributed by atoms with Crippen LogP contribution < -0.4 is 9.47 Å². The number of methoxy groups -OCH3 is 2. The van der Waals surface area contributed by atoms with E-state index < -0.39 is 0 Å². The van der Waals surface area contributed by atoms with E-state index in [-0.39, 0.29) is 0 Å². The van der Waals surface area contributed by atoms with Crippen molar-refractivity contribution in [1.82, 2.24) is 0 Å². The highest BCUT2D eigenvalue weighted by Crippen LogP contribution is 2.41. The smallest absolute Gasteiger partial charge is 0.155 e. The van der Waals surface area contributed by atoms with Crippen LogP contribution >= 0.6 is 15.9 Å². The van der Waals surface area contributed by atoms with Crippen LogP contribution in [0.15, 0.2) is 40.9 Å². The fourth-order valence-electron chi connectivity index (χ4n) is 1.94. The number of carbonyl (C=O) groups is 1. The Balaban J connectivity index is 2.76. The predicted octanol–water partition coefficient (Wildman–Crippen LogP) is 3.95. The van der Waals surface area contributed by atoms with E-state index >= 15 is 0 Å². The molecule has 0 unspecified atom stereocenters. The second kappa shape index (κ2) is 5.89. The number of halogens is 1. The summed E-state index contributed by atoms with van der Waals surface area (Å²) in [7, 11) is 3.11. The molecule has 0 atom stereocenters. The molecule has 0 saturated carbocycles. The largest absolute Gasteiger partial charge is 0.496 e. The zero-order valence-corrected chi connectivity index (χ0v) is 12.2. The SMILES string of the molecule is COc1cc(-c2ccccc2)c(OC)c(C=O)c1Br. The maximum atomic E-state index is 11.3. The Hall–Kier alpha value is -1.81. The van der Waals surface area contributed by atoms with Gasteiger partial charge in [-0.05, 0) is 27.6 Å². The average Bonchev–Trinajstić information content (AvgIpc) is 2.47. The van der Waals surface area contributed by atoms with Crippen LogP contribution in [0.3, 0.4) is 0 Å². The van der Waals surface area contributed by atoms with Gasteiger partial charge in [-0.25, -0.2) is 0 Å². The third kappa shape index (κ3) is 2.49. The first-order chi connectivity index (χ1) is 9.22. The summed E-state index contributed by atoms with van der Waals surface area (Å²) in [5, 5.41) is 0. The minimum Gasteiger partial charge on any atom is -0.496 e. The molecule has 3 nitrogen and oxygen atoms in total. The van der Waals surface area contributed by atoms with E-state index in [1.165, 1.54) is 0 Å². The number of rotatable bonds is 4. The molecule has 0 amide bonds. The average molecular weight is 321 g/mol. The summed E-state index contributed by atoms with van der Waals surface area (Å²) in [6.07, 6.45) is 0.762. The van der Waals surface area contributed by atoms with E-state index in [0.717, 1.165) is 17.4 Å². The van der Waals surface area contributed by atoms with Gasteiger partial charge in [0.05, 0.1) is 24.3 Å². The van der Waals surface area contributed by atoms with Crippen LogP contribution in [0, 0.1) is 0 Å². The lowest BCUT2D eigenvalue weighted by Gasteiger charge is -2.15. The first-order valence-electron chi connectivity index (χ1n) is 5.68.